The van der Waals surface area contributed by atoms with Crippen LogP contribution in [-0.4, -0.2) is 12.0 Å². The minimum absolute atomic E-state index is 0.348. The average Bonchev–Trinajstić information content (AvgIpc) is 1.96. The molecule has 0 amide bonds. The number of halogens is 2. The molecular weight excluding hydrogens is 276 g/mol. The Morgan fingerprint density at radius 3 is 2.91 bits per heavy atom. The van der Waals surface area contributed by atoms with Gasteiger partial charge in [-0.3, -0.25) is 0 Å². The quantitative estimate of drug-likeness (QED) is 0.612. The Morgan fingerprint density at radius 2 is 2.36 bits per heavy atom. The van der Waals surface area contributed by atoms with Crippen molar-refractivity contribution in [2.75, 3.05) is 18.1 Å². The van der Waals surface area contributed by atoms with E-state index < -0.39 is 0 Å². The Bertz CT molecular complexity index is 277. The fraction of sp³-hybridized carbons (Fsp3) is 0.167. The number of hydrogen-bond donors (Lipinski definition) is 2. The highest BCUT2D eigenvalue weighted by atomic mass is 127. The highest BCUT2D eigenvalue weighted by Crippen LogP contribution is 2.26. The second kappa shape index (κ2) is 3.44. The third kappa shape index (κ3) is 1.87. The van der Waals surface area contributed by atoms with Crippen LogP contribution < -0.4 is 11.1 Å². The fourth-order valence-corrected chi connectivity index (χ4v) is 1.59. The minimum atomic E-state index is 0.348. The van der Waals surface area contributed by atoms with Crippen LogP contribution in [0.2, 0.25) is 5.15 Å². The van der Waals surface area contributed by atoms with E-state index >= 15 is 0 Å². The lowest BCUT2D eigenvalue weighted by atomic mass is 10.3. The van der Waals surface area contributed by atoms with E-state index in [2.05, 4.69) is 32.9 Å². The lowest BCUT2D eigenvalue weighted by Crippen LogP contribution is -1.99. The van der Waals surface area contributed by atoms with E-state index in [0.29, 0.717) is 10.8 Å². The van der Waals surface area contributed by atoms with E-state index in [-0.39, 0.29) is 0 Å². The summed E-state index contributed by atoms with van der Waals surface area (Å²) in [6.07, 6.45) is 0. The number of nitrogens with two attached hydrogens (primary N) is 1. The van der Waals surface area contributed by atoms with E-state index in [4.69, 9.17) is 17.3 Å². The number of rotatable bonds is 1. The van der Waals surface area contributed by atoms with Crippen molar-refractivity contribution >= 4 is 45.6 Å². The molecule has 0 unspecified atom stereocenters. The van der Waals surface area contributed by atoms with Crippen LogP contribution in [0.3, 0.4) is 0 Å². The zero-order chi connectivity index (χ0) is 8.43. The van der Waals surface area contributed by atoms with Gasteiger partial charge in [0, 0.05) is 7.05 Å². The average molecular weight is 284 g/mol. The van der Waals surface area contributed by atoms with E-state index in [1.54, 1.807) is 7.05 Å². The molecule has 60 valence electrons. The lowest BCUT2D eigenvalue weighted by Gasteiger charge is -2.05. The van der Waals surface area contributed by atoms with Gasteiger partial charge in [0.2, 0.25) is 0 Å². The van der Waals surface area contributed by atoms with Gasteiger partial charge in [0.15, 0.2) is 5.15 Å². The van der Waals surface area contributed by atoms with Crippen LogP contribution in [0.1, 0.15) is 0 Å². The van der Waals surface area contributed by atoms with Crippen molar-refractivity contribution in [3.05, 3.63) is 14.9 Å². The Morgan fingerprint density at radius 1 is 1.73 bits per heavy atom. The van der Waals surface area contributed by atoms with Crippen LogP contribution in [0.5, 0.6) is 0 Å². The summed E-state index contributed by atoms with van der Waals surface area (Å²) in [5.41, 5.74) is 6.91. The SMILES string of the molecule is CNc1cc(I)nc(Cl)c1N. The van der Waals surface area contributed by atoms with Crippen molar-refractivity contribution < 1.29 is 0 Å². The number of nitrogen functional groups attached to an aromatic ring is 1. The van der Waals surface area contributed by atoms with Gasteiger partial charge in [0.1, 0.15) is 3.70 Å². The van der Waals surface area contributed by atoms with Crippen LogP contribution in [0.25, 0.3) is 0 Å². The molecule has 0 aromatic carbocycles. The maximum Gasteiger partial charge on any atom is 0.155 e. The number of nitrogens with zero attached hydrogens (tertiary/aromatic N) is 1. The molecule has 11 heavy (non-hydrogen) atoms. The molecule has 0 aliphatic heterocycles. The van der Waals surface area contributed by atoms with E-state index in [9.17, 15) is 0 Å². The molecule has 0 saturated heterocycles. The molecule has 0 radical (unpaired) electrons. The molecule has 0 spiro atoms. The monoisotopic (exact) mass is 283 g/mol. The lowest BCUT2D eigenvalue weighted by molar-refractivity contribution is 1.27. The van der Waals surface area contributed by atoms with Gasteiger partial charge in [-0.2, -0.15) is 0 Å². The Hall–Kier alpha value is -0.230. The molecule has 0 aliphatic rings. The number of anilines is 2. The summed E-state index contributed by atoms with van der Waals surface area (Å²) in [7, 11) is 1.79. The molecular formula is C6H7ClIN3. The topological polar surface area (TPSA) is 50.9 Å². The third-order valence-electron chi connectivity index (χ3n) is 1.25. The second-order valence-corrected chi connectivity index (χ2v) is 3.41. The molecule has 1 aromatic rings. The van der Waals surface area contributed by atoms with Crippen LogP contribution in [0.4, 0.5) is 11.4 Å². The second-order valence-electron chi connectivity index (χ2n) is 1.95. The Kier molecular flexibility index (Phi) is 2.78. The predicted molar refractivity (Wildman–Crippen MR) is 55.9 cm³/mol. The standard InChI is InChI=1S/C6H7ClIN3/c1-10-3-2-4(8)11-6(7)5(3)9/h2H,9H2,1H3,(H,10,11). The number of pyridine rings is 1. The molecule has 0 atom stereocenters. The highest BCUT2D eigenvalue weighted by molar-refractivity contribution is 14.1. The zero-order valence-corrected chi connectivity index (χ0v) is 8.77. The fourth-order valence-electron chi connectivity index (χ4n) is 0.701. The molecule has 0 fully saturated rings. The van der Waals surface area contributed by atoms with Gasteiger partial charge in [0.25, 0.3) is 0 Å². The van der Waals surface area contributed by atoms with Crippen LogP contribution in [0, 0.1) is 3.70 Å². The molecule has 3 N–H and O–H groups in total. The largest absolute Gasteiger partial charge is 0.395 e. The van der Waals surface area contributed by atoms with Gasteiger partial charge in [0.05, 0.1) is 11.4 Å². The molecule has 3 nitrogen and oxygen atoms in total. The first kappa shape index (κ1) is 8.86. The van der Waals surface area contributed by atoms with Gasteiger partial charge < -0.3 is 11.1 Å². The first-order chi connectivity index (χ1) is 5.15. The van der Waals surface area contributed by atoms with Crippen molar-refractivity contribution in [2.24, 2.45) is 0 Å². The summed E-state index contributed by atoms with van der Waals surface area (Å²) in [6, 6.07) is 1.84. The van der Waals surface area contributed by atoms with Gasteiger partial charge >= 0.3 is 0 Å². The summed E-state index contributed by atoms with van der Waals surface area (Å²) in [4.78, 5) is 3.97. The van der Waals surface area contributed by atoms with Crippen molar-refractivity contribution in [1.29, 1.82) is 0 Å². The zero-order valence-electron chi connectivity index (χ0n) is 5.86. The molecule has 1 aromatic heterocycles. The summed E-state index contributed by atoms with van der Waals surface area (Å²) in [6.45, 7) is 0. The van der Waals surface area contributed by atoms with Crippen LogP contribution in [-0.2, 0) is 0 Å². The summed E-state index contributed by atoms with van der Waals surface area (Å²) < 4.78 is 0.825. The van der Waals surface area contributed by atoms with Crippen molar-refractivity contribution in [3.63, 3.8) is 0 Å². The smallest absolute Gasteiger partial charge is 0.155 e. The van der Waals surface area contributed by atoms with Crippen molar-refractivity contribution in [2.45, 2.75) is 0 Å². The predicted octanol–water partition coefficient (Wildman–Crippen LogP) is 1.96. The van der Waals surface area contributed by atoms with Crippen molar-refractivity contribution in [3.8, 4) is 0 Å². The van der Waals surface area contributed by atoms with E-state index in [1.807, 2.05) is 6.07 Å². The summed E-state index contributed by atoms with van der Waals surface area (Å²) in [5.74, 6) is 0. The first-order valence-electron chi connectivity index (χ1n) is 2.94. The van der Waals surface area contributed by atoms with Crippen LogP contribution in [0.15, 0.2) is 6.07 Å². The van der Waals surface area contributed by atoms with Gasteiger partial charge in [-0.1, -0.05) is 11.6 Å². The maximum atomic E-state index is 5.72. The first-order valence-corrected chi connectivity index (χ1v) is 4.40. The van der Waals surface area contributed by atoms with Gasteiger partial charge in [-0.05, 0) is 28.7 Å². The Labute approximate surface area is 83.5 Å². The van der Waals surface area contributed by atoms with E-state index in [0.717, 1.165) is 9.39 Å². The molecule has 0 aliphatic carbocycles. The summed E-state index contributed by atoms with van der Waals surface area (Å²) >= 11 is 7.80. The number of hydrogen-bond acceptors (Lipinski definition) is 3. The summed E-state index contributed by atoms with van der Waals surface area (Å²) in [5, 5.41) is 3.27. The van der Waals surface area contributed by atoms with Gasteiger partial charge in [-0.15, -0.1) is 0 Å². The number of nitrogens with one attached hydrogen (secondary N) is 1. The molecule has 1 rings (SSSR count). The van der Waals surface area contributed by atoms with Gasteiger partial charge in [-0.25, -0.2) is 4.98 Å². The molecule has 5 heteroatoms. The molecule has 0 saturated carbocycles. The maximum absolute atomic E-state index is 5.72. The van der Waals surface area contributed by atoms with Crippen LogP contribution >= 0.6 is 34.2 Å². The normalized spacial score (nSPS) is 9.73. The molecule has 1 heterocycles. The Balaban J connectivity index is 3.24. The number of aromatic nitrogens is 1. The molecule has 0 bridgehead atoms. The van der Waals surface area contributed by atoms with E-state index in [1.165, 1.54) is 0 Å². The third-order valence-corrected chi connectivity index (χ3v) is 2.09. The van der Waals surface area contributed by atoms with Crippen molar-refractivity contribution in [1.82, 2.24) is 4.98 Å². The highest BCUT2D eigenvalue weighted by Gasteiger charge is 2.04. The minimum Gasteiger partial charge on any atom is -0.395 e.